The van der Waals surface area contributed by atoms with Gasteiger partial charge in [0.25, 0.3) is 0 Å². The van der Waals surface area contributed by atoms with Crippen LogP contribution in [0, 0.1) is 13.8 Å². The normalized spacial score (nSPS) is 10.7. The summed E-state index contributed by atoms with van der Waals surface area (Å²) in [5.41, 5.74) is 3.13. The number of aryl methyl sites for hydroxylation is 2. The Morgan fingerprint density at radius 1 is 1.36 bits per heavy atom. The van der Waals surface area contributed by atoms with Crippen molar-refractivity contribution in [1.82, 2.24) is 19.8 Å². The van der Waals surface area contributed by atoms with Gasteiger partial charge in [-0.3, -0.25) is 0 Å². The van der Waals surface area contributed by atoms with Crippen molar-refractivity contribution in [3.8, 4) is 0 Å². The molecular weight excluding hydrogens is 140 g/mol. The third-order valence-electron chi connectivity index (χ3n) is 1.81. The van der Waals surface area contributed by atoms with E-state index in [1.54, 1.807) is 10.8 Å². The molecule has 0 aliphatic carbocycles. The van der Waals surface area contributed by atoms with Gasteiger partial charge in [0.15, 0.2) is 0 Å². The zero-order chi connectivity index (χ0) is 7.84. The monoisotopic (exact) mass is 148 g/mol. The topological polar surface area (TPSA) is 43.1 Å². The zero-order valence-corrected chi connectivity index (χ0v) is 6.44. The Labute approximate surface area is 63.9 Å². The molecule has 0 aliphatic rings. The first-order valence-corrected chi connectivity index (χ1v) is 3.41. The minimum Gasteiger partial charge on any atom is -0.241 e. The van der Waals surface area contributed by atoms with Crippen LogP contribution >= 0.6 is 0 Å². The van der Waals surface area contributed by atoms with Crippen LogP contribution in [0.2, 0.25) is 0 Å². The summed E-state index contributed by atoms with van der Waals surface area (Å²) in [7, 11) is 0. The number of nitrogens with zero attached hydrogens (tertiary/aromatic N) is 4. The average Bonchev–Trinajstić information content (AvgIpc) is 2.30. The molecule has 2 aromatic heterocycles. The Kier molecular flexibility index (Phi) is 1.15. The maximum atomic E-state index is 4.18. The van der Waals surface area contributed by atoms with Crippen molar-refractivity contribution in [3.63, 3.8) is 0 Å². The van der Waals surface area contributed by atoms with Crippen LogP contribution in [0.1, 0.15) is 11.3 Å². The van der Waals surface area contributed by atoms with Crippen molar-refractivity contribution in [2.75, 3.05) is 0 Å². The third kappa shape index (κ3) is 0.790. The summed E-state index contributed by atoms with van der Waals surface area (Å²) in [6.45, 7) is 3.98. The van der Waals surface area contributed by atoms with Crippen LogP contribution in [0.5, 0.6) is 0 Å². The molecule has 0 unspecified atom stereocenters. The van der Waals surface area contributed by atoms with Crippen molar-refractivity contribution in [3.05, 3.63) is 23.8 Å². The van der Waals surface area contributed by atoms with E-state index in [2.05, 4.69) is 15.2 Å². The molecular formula is C7H8N4. The first kappa shape index (κ1) is 6.27. The maximum Gasteiger partial charge on any atom is 0.138 e. The van der Waals surface area contributed by atoms with Crippen molar-refractivity contribution in [1.29, 1.82) is 0 Å². The van der Waals surface area contributed by atoms with E-state index >= 15 is 0 Å². The molecule has 0 fully saturated rings. The highest BCUT2D eigenvalue weighted by atomic mass is 15.4. The lowest BCUT2D eigenvalue weighted by atomic mass is 10.2. The van der Waals surface area contributed by atoms with Crippen LogP contribution in [0.4, 0.5) is 0 Å². The van der Waals surface area contributed by atoms with E-state index in [9.17, 15) is 0 Å². The van der Waals surface area contributed by atoms with Gasteiger partial charge < -0.3 is 0 Å². The maximum absolute atomic E-state index is 4.18. The fourth-order valence-corrected chi connectivity index (χ4v) is 1.03. The molecule has 0 N–H and O–H groups in total. The van der Waals surface area contributed by atoms with E-state index in [0.29, 0.717) is 0 Å². The second-order valence-electron chi connectivity index (χ2n) is 2.49. The average molecular weight is 148 g/mol. The standard InChI is InChI=1S/C7H8N4/c1-5-6(2)10-11-7(5)3-8-4-9-11/h3-4H,1-2H3. The minimum atomic E-state index is 0.977. The van der Waals surface area contributed by atoms with E-state index in [1.807, 2.05) is 13.8 Å². The highest BCUT2D eigenvalue weighted by Crippen LogP contribution is 2.09. The molecule has 0 bridgehead atoms. The van der Waals surface area contributed by atoms with E-state index < -0.39 is 0 Å². The lowest BCUT2D eigenvalue weighted by Gasteiger charge is -1.87. The van der Waals surface area contributed by atoms with Gasteiger partial charge in [0.1, 0.15) is 11.8 Å². The Balaban J connectivity index is 2.92. The Morgan fingerprint density at radius 3 is 2.91 bits per heavy atom. The van der Waals surface area contributed by atoms with E-state index in [4.69, 9.17) is 0 Å². The Bertz CT molecular complexity index is 390. The van der Waals surface area contributed by atoms with Gasteiger partial charge in [-0.2, -0.15) is 5.10 Å². The molecule has 4 heteroatoms. The minimum absolute atomic E-state index is 0.977. The molecule has 0 spiro atoms. The van der Waals surface area contributed by atoms with Crippen LogP contribution in [0.15, 0.2) is 12.5 Å². The fraction of sp³-hybridized carbons (Fsp3) is 0.286. The van der Waals surface area contributed by atoms with E-state index in [0.717, 1.165) is 16.8 Å². The molecule has 0 radical (unpaired) electrons. The molecule has 11 heavy (non-hydrogen) atoms. The highest BCUT2D eigenvalue weighted by molar-refractivity contribution is 5.52. The SMILES string of the molecule is Cc1nn2ncncc2c1C. The molecule has 2 rings (SSSR count). The first-order valence-electron chi connectivity index (χ1n) is 3.41. The van der Waals surface area contributed by atoms with Gasteiger partial charge in [-0.25, -0.2) is 4.98 Å². The molecule has 56 valence electrons. The number of aromatic nitrogens is 4. The van der Waals surface area contributed by atoms with Gasteiger partial charge >= 0.3 is 0 Å². The fourth-order valence-electron chi connectivity index (χ4n) is 1.03. The summed E-state index contributed by atoms with van der Waals surface area (Å²) < 4.78 is 1.59. The molecule has 0 aliphatic heterocycles. The third-order valence-corrected chi connectivity index (χ3v) is 1.81. The number of hydrogen-bond donors (Lipinski definition) is 0. The molecule has 2 aromatic rings. The van der Waals surface area contributed by atoms with Crippen LogP contribution in [-0.4, -0.2) is 19.8 Å². The van der Waals surface area contributed by atoms with Gasteiger partial charge in [-0.05, 0) is 13.8 Å². The summed E-state index contributed by atoms with van der Waals surface area (Å²) >= 11 is 0. The largest absolute Gasteiger partial charge is 0.241 e. The second-order valence-corrected chi connectivity index (χ2v) is 2.49. The lowest BCUT2D eigenvalue weighted by Crippen LogP contribution is -1.92. The smallest absolute Gasteiger partial charge is 0.138 e. The highest BCUT2D eigenvalue weighted by Gasteiger charge is 2.03. The molecule has 0 atom stereocenters. The van der Waals surface area contributed by atoms with Gasteiger partial charge in [-0.15, -0.1) is 9.73 Å². The summed E-state index contributed by atoms with van der Waals surface area (Å²) in [6.07, 6.45) is 3.25. The molecule has 0 amide bonds. The van der Waals surface area contributed by atoms with Crippen molar-refractivity contribution >= 4 is 5.52 Å². The predicted octanol–water partition coefficient (Wildman–Crippen LogP) is 0.741. The Morgan fingerprint density at radius 2 is 2.18 bits per heavy atom. The van der Waals surface area contributed by atoms with Gasteiger partial charge in [0.05, 0.1) is 11.9 Å². The lowest BCUT2D eigenvalue weighted by molar-refractivity contribution is 0.770. The van der Waals surface area contributed by atoms with Gasteiger partial charge in [0.2, 0.25) is 0 Å². The molecule has 2 heterocycles. The Hall–Kier alpha value is -1.45. The summed E-state index contributed by atoms with van der Waals surface area (Å²) in [4.78, 5) is 3.92. The van der Waals surface area contributed by atoms with Crippen LogP contribution in [-0.2, 0) is 0 Å². The van der Waals surface area contributed by atoms with Crippen molar-refractivity contribution in [2.45, 2.75) is 13.8 Å². The van der Waals surface area contributed by atoms with E-state index in [1.165, 1.54) is 6.33 Å². The van der Waals surface area contributed by atoms with Gasteiger partial charge in [0, 0.05) is 5.56 Å². The summed E-state index contributed by atoms with van der Waals surface area (Å²) in [5, 5.41) is 8.14. The van der Waals surface area contributed by atoms with E-state index in [-0.39, 0.29) is 0 Å². The zero-order valence-electron chi connectivity index (χ0n) is 6.44. The van der Waals surface area contributed by atoms with Crippen LogP contribution < -0.4 is 0 Å². The number of hydrogen-bond acceptors (Lipinski definition) is 3. The van der Waals surface area contributed by atoms with Crippen LogP contribution in [0.25, 0.3) is 5.52 Å². The summed E-state index contributed by atoms with van der Waals surface area (Å²) in [5.74, 6) is 0. The molecule has 0 saturated carbocycles. The van der Waals surface area contributed by atoms with Crippen molar-refractivity contribution in [2.24, 2.45) is 0 Å². The van der Waals surface area contributed by atoms with Crippen molar-refractivity contribution < 1.29 is 0 Å². The second kappa shape index (κ2) is 2.02. The molecule has 0 aromatic carbocycles. The van der Waals surface area contributed by atoms with Crippen LogP contribution in [0.3, 0.4) is 0 Å². The summed E-state index contributed by atoms with van der Waals surface area (Å²) in [6, 6.07) is 0. The molecule has 4 nitrogen and oxygen atoms in total. The molecule has 0 saturated heterocycles. The quantitative estimate of drug-likeness (QED) is 0.553. The predicted molar refractivity (Wildman–Crippen MR) is 40.3 cm³/mol. The number of fused-ring (bicyclic) bond motifs is 1. The number of rotatable bonds is 0. The first-order chi connectivity index (χ1) is 5.29. The van der Waals surface area contributed by atoms with Gasteiger partial charge in [-0.1, -0.05) is 0 Å².